The minimum Gasteiger partial charge on any atom is -0.660 e. The van der Waals surface area contributed by atoms with E-state index in [-0.39, 0.29) is 16.5 Å². The summed E-state index contributed by atoms with van der Waals surface area (Å²) in [6, 6.07) is 2.73. The topological polar surface area (TPSA) is 146 Å². The Bertz CT molecular complexity index is 388. The van der Waals surface area contributed by atoms with Gasteiger partial charge in [-0.2, -0.15) is 14.0 Å². The van der Waals surface area contributed by atoms with Gasteiger partial charge >= 0.3 is 16.5 Å². The Labute approximate surface area is 219 Å². The Balaban J connectivity index is 0.000000278. The molecule has 4 saturated heterocycles. The third-order valence-corrected chi connectivity index (χ3v) is 7.00. The monoisotopic (exact) mass is 546 g/mol. The van der Waals surface area contributed by atoms with Crippen LogP contribution in [0.5, 0.6) is 0 Å². The Morgan fingerprint density at radius 1 is 0.500 bits per heavy atom. The number of nitrogens with zero attached hydrogens (tertiary/aromatic N) is 4. The molecule has 204 valence electrons. The summed E-state index contributed by atoms with van der Waals surface area (Å²) < 4.78 is 32.7. The number of halogens is 1. The predicted octanol–water partition coefficient (Wildman–Crippen LogP) is 3.11. The Morgan fingerprint density at radius 3 is 0.853 bits per heavy atom. The van der Waals surface area contributed by atoms with Gasteiger partial charge in [-0.3, -0.25) is 0 Å². The summed E-state index contributed by atoms with van der Waals surface area (Å²) in [5.41, 5.74) is 0. The molecule has 4 aliphatic heterocycles. The minimum absolute atomic E-state index is 0. The fraction of sp³-hybridized carbons (Fsp3) is 1.00. The van der Waals surface area contributed by atoms with Gasteiger partial charge < -0.3 is 21.3 Å². The number of piperidine rings is 4. The van der Waals surface area contributed by atoms with Crippen molar-refractivity contribution in [1.29, 1.82) is 0 Å². The number of rotatable bonds is 6. The predicted molar refractivity (Wildman–Crippen MR) is 124 cm³/mol. The normalized spacial score (nSPS) is 30.0. The summed E-state index contributed by atoms with van der Waals surface area (Å²) in [5.74, 6) is 0. The molecule has 0 amide bonds. The van der Waals surface area contributed by atoms with Crippen LogP contribution in [0.3, 0.4) is 0 Å². The van der Waals surface area contributed by atoms with Crippen molar-refractivity contribution in [3.05, 3.63) is 21.3 Å². The fourth-order valence-corrected chi connectivity index (χ4v) is 5.14. The van der Waals surface area contributed by atoms with E-state index in [0.717, 1.165) is 26.2 Å². The summed E-state index contributed by atoms with van der Waals surface area (Å²) in [4.78, 5) is 0. The van der Waals surface area contributed by atoms with Crippen molar-refractivity contribution < 1.29 is 45.4 Å². The van der Waals surface area contributed by atoms with Crippen LogP contribution in [0.4, 0.5) is 0 Å². The van der Waals surface area contributed by atoms with E-state index >= 15 is 0 Å². The van der Waals surface area contributed by atoms with E-state index in [0.29, 0.717) is 24.2 Å². The van der Waals surface area contributed by atoms with E-state index in [1.165, 1.54) is 103 Å². The van der Waals surface area contributed by atoms with Gasteiger partial charge in [0, 0.05) is 0 Å². The molecule has 4 rings (SSSR count). The van der Waals surface area contributed by atoms with E-state index in [1.54, 1.807) is 0 Å². The van der Waals surface area contributed by atoms with Crippen LogP contribution in [0.1, 0.15) is 103 Å². The van der Waals surface area contributed by atoms with Gasteiger partial charge in [-0.05, 0) is 0 Å². The molecule has 4 unspecified atom stereocenters. The van der Waals surface area contributed by atoms with Crippen molar-refractivity contribution in [2.45, 2.75) is 127 Å². The van der Waals surface area contributed by atoms with Crippen molar-refractivity contribution in [2.24, 2.45) is 0 Å². The average Bonchev–Trinajstić information content (AvgIpc) is 2.84. The fourth-order valence-electron chi connectivity index (χ4n) is 5.14. The summed E-state index contributed by atoms with van der Waals surface area (Å²) in [7, 11) is -4.69. The maximum atomic E-state index is 8.60. The van der Waals surface area contributed by atoms with Crippen LogP contribution in [0.25, 0.3) is 21.3 Å². The second-order valence-corrected chi connectivity index (χ2v) is 10.6. The molecule has 1 N–H and O–H groups in total. The van der Waals surface area contributed by atoms with Crippen molar-refractivity contribution in [1.82, 2.24) is 0 Å². The first kappa shape index (κ1) is 32.5. The van der Waals surface area contributed by atoms with Gasteiger partial charge in [-0.15, -0.1) is 50.3 Å². The van der Waals surface area contributed by atoms with Crippen molar-refractivity contribution in [2.75, 3.05) is 26.2 Å². The first-order valence-electron chi connectivity index (χ1n) is 13.2. The van der Waals surface area contributed by atoms with E-state index < -0.39 is 10.2 Å². The molecular weight excluding hydrogens is 502 g/mol. The minimum atomic E-state index is -4.69. The first-order chi connectivity index (χ1) is 15.9. The molecule has 0 aromatic rings. The molecule has 0 aromatic carbocycles. The molecule has 0 aromatic heterocycles. The van der Waals surface area contributed by atoms with Crippen LogP contribution in [0.2, 0.25) is 0 Å². The maximum absolute atomic E-state index is 8.60. The largest absolute Gasteiger partial charge is 2.00 e. The summed E-state index contributed by atoms with van der Waals surface area (Å²) in [6.07, 6.45) is 21.4. The van der Waals surface area contributed by atoms with Gasteiger partial charge in [0.05, 0.1) is 14.9 Å². The zero-order valence-corrected chi connectivity index (χ0v) is 22.4. The van der Waals surface area contributed by atoms with Gasteiger partial charge in [-0.1, -0.05) is 103 Å². The molecule has 0 spiro atoms. The molecule has 8 nitrogen and oxygen atoms in total. The van der Waals surface area contributed by atoms with Crippen LogP contribution >= 0.6 is 0 Å². The Morgan fingerprint density at radius 2 is 0.706 bits per heavy atom. The second-order valence-electron chi connectivity index (χ2n) is 9.77. The van der Waals surface area contributed by atoms with Gasteiger partial charge in [0.15, 0.2) is 0 Å². The third-order valence-electron chi connectivity index (χ3n) is 7.00. The molecule has 4 fully saturated rings. The molecule has 34 heavy (non-hydrogen) atoms. The molecular formula is C24H45ClN4NiO4-2. The van der Waals surface area contributed by atoms with E-state index in [2.05, 4.69) is 21.3 Å². The van der Waals surface area contributed by atoms with Crippen LogP contribution < -0.4 is 14.0 Å². The number of hydrogen-bond donors (Lipinski definition) is 1. The summed E-state index contributed by atoms with van der Waals surface area (Å²) in [5, 5.41) is 18.7. The van der Waals surface area contributed by atoms with Gasteiger partial charge in [-0.25, -0.2) is 0 Å². The zero-order valence-electron chi connectivity index (χ0n) is 20.6. The average molecular weight is 548 g/mol. The molecule has 4 heterocycles. The molecule has 0 radical (unpaired) electrons. The van der Waals surface area contributed by atoms with E-state index in [1.807, 2.05) is 0 Å². The quantitative estimate of drug-likeness (QED) is 0.509. The molecule has 10 heteroatoms. The Kier molecular flexibility index (Phi) is 18.7. The van der Waals surface area contributed by atoms with Gasteiger partial charge in [0.1, 0.15) is 0 Å². The standard InChI is InChI=1S/2C12H22N2.ClHO4.Ni/c2*1-3-9-13-11(5-1)7-8-12-6-2-4-10-14-12;2-1(3,4)5;/h2*11-12H,1-10H2;(H,2,3,4,5);/q2*-2;;+2. The molecule has 4 aliphatic rings. The SMILES string of the molecule is C1CCC(CCC2CCCC[N-]2)[N-]C1.C1CCC(CCC2CCCC[N-]2)[N-]C1.[Ni+2].[O-][Cl+3]([O-])([O-])O. The van der Waals surface area contributed by atoms with Crippen molar-refractivity contribution in [3.8, 4) is 0 Å². The van der Waals surface area contributed by atoms with Crippen LogP contribution in [-0.4, -0.2) is 55.0 Å². The number of hydrogen-bond acceptors (Lipinski definition) is 4. The summed E-state index contributed by atoms with van der Waals surface area (Å²) >= 11 is 0. The van der Waals surface area contributed by atoms with E-state index in [9.17, 15) is 0 Å². The molecule has 4 atom stereocenters. The second kappa shape index (κ2) is 19.6. The summed E-state index contributed by atoms with van der Waals surface area (Å²) in [6.45, 7) is 4.47. The molecule has 0 saturated carbocycles. The van der Waals surface area contributed by atoms with Crippen LogP contribution in [-0.2, 0) is 16.5 Å². The molecule has 0 bridgehead atoms. The first-order valence-corrected chi connectivity index (χ1v) is 14.5. The smallest absolute Gasteiger partial charge is 0.660 e. The van der Waals surface area contributed by atoms with Crippen molar-refractivity contribution >= 4 is 0 Å². The molecule has 0 aliphatic carbocycles. The van der Waals surface area contributed by atoms with Crippen LogP contribution in [0.15, 0.2) is 0 Å². The Hall–Kier alpha value is 0.464. The maximum Gasteiger partial charge on any atom is 2.00 e. The van der Waals surface area contributed by atoms with Crippen molar-refractivity contribution in [3.63, 3.8) is 0 Å². The van der Waals surface area contributed by atoms with E-state index in [4.69, 9.17) is 18.6 Å². The van der Waals surface area contributed by atoms with Gasteiger partial charge in [0.2, 0.25) is 0 Å². The zero-order chi connectivity index (χ0) is 23.8. The third kappa shape index (κ3) is 17.8. The van der Waals surface area contributed by atoms with Gasteiger partial charge in [0.25, 0.3) is 0 Å². The van der Waals surface area contributed by atoms with Crippen LogP contribution in [0, 0.1) is 10.2 Å².